The number of carbonyl (C=O) groups excluding carboxylic acids is 2. The maximum Gasteiger partial charge on any atom is 0.187 e. The molecule has 4 aliphatic rings. The minimum Gasteiger partial charge on any atom is -0.393 e. The van der Waals surface area contributed by atoms with Gasteiger partial charge in [-0.25, -0.2) is 0 Å². The fourth-order valence-corrected chi connectivity index (χ4v) is 9.24. The van der Waals surface area contributed by atoms with Crippen molar-refractivity contribution in [1.29, 1.82) is 0 Å². The summed E-state index contributed by atoms with van der Waals surface area (Å²) in [7, 11) is 0. The quantitative estimate of drug-likeness (QED) is 0.344. The summed E-state index contributed by atoms with van der Waals surface area (Å²) < 4.78 is 0. The molecule has 6 heteroatoms. The molecule has 0 aromatic carbocycles. The molecule has 6 nitrogen and oxygen atoms in total. The third-order valence-electron chi connectivity index (χ3n) is 11.3. The van der Waals surface area contributed by atoms with Gasteiger partial charge in [-0.3, -0.25) is 9.59 Å². The van der Waals surface area contributed by atoms with Gasteiger partial charge in [0.1, 0.15) is 11.7 Å². The highest BCUT2D eigenvalue weighted by atomic mass is 16.3. The largest absolute Gasteiger partial charge is 0.393 e. The SMILES string of the molecule is CC(C)(O)/C=C/C(=O)[C@](C)(O)[C@H]1[C@H](O)C[C@@]2(C)[C@@H]3CC=C4[C@@H](C[C@H](O)C(=O)C4(C)C)[C@]3(C)CC[C@]12C. The number of carbonyl (C=O) groups is 2. The average molecular weight is 503 g/mol. The highest BCUT2D eigenvalue weighted by Crippen LogP contribution is 2.75. The van der Waals surface area contributed by atoms with Gasteiger partial charge in [0.05, 0.1) is 11.7 Å². The van der Waals surface area contributed by atoms with Crippen molar-refractivity contribution >= 4 is 11.6 Å². The van der Waals surface area contributed by atoms with E-state index in [4.69, 9.17) is 0 Å². The Balaban J connectivity index is 1.75. The van der Waals surface area contributed by atoms with Crippen molar-refractivity contribution in [3.63, 3.8) is 0 Å². The van der Waals surface area contributed by atoms with Gasteiger partial charge in [0, 0.05) is 11.3 Å². The summed E-state index contributed by atoms with van der Waals surface area (Å²) in [6.45, 7) is 15.1. The van der Waals surface area contributed by atoms with E-state index in [-0.39, 0.29) is 28.4 Å². The fourth-order valence-electron chi connectivity index (χ4n) is 9.24. The molecule has 9 atom stereocenters. The van der Waals surface area contributed by atoms with Gasteiger partial charge in [-0.2, -0.15) is 0 Å². The highest BCUT2D eigenvalue weighted by Gasteiger charge is 2.72. The van der Waals surface area contributed by atoms with E-state index in [0.29, 0.717) is 12.8 Å². The van der Waals surface area contributed by atoms with E-state index in [1.165, 1.54) is 19.1 Å². The van der Waals surface area contributed by atoms with Crippen LogP contribution in [0.4, 0.5) is 0 Å². The normalized spacial score (nSPS) is 45.9. The Labute approximate surface area is 215 Å². The molecule has 202 valence electrons. The monoisotopic (exact) mass is 502 g/mol. The Morgan fingerprint density at radius 2 is 1.64 bits per heavy atom. The summed E-state index contributed by atoms with van der Waals surface area (Å²) in [4.78, 5) is 26.0. The van der Waals surface area contributed by atoms with Crippen molar-refractivity contribution in [3.8, 4) is 0 Å². The smallest absolute Gasteiger partial charge is 0.187 e. The number of Topliss-reactive ketones (excluding diaryl/α,β-unsaturated/α-hetero) is 1. The zero-order valence-corrected chi connectivity index (χ0v) is 23.3. The molecule has 0 aromatic rings. The molecule has 4 N–H and O–H groups in total. The molecule has 3 saturated carbocycles. The highest BCUT2D eigenvalue weighted by molar-refractivity contribution is 5.97. The number of ketones is 2. The Bertz CT molecular complexity index is 1010. The van der Waals surface area contributed by atoms with E-state index in [9.17, 15) is 30.0 Å². The van der Waals surface area contributed by atoms with Gasteiger partial charge in [0.25, 0.3) is 0 Å². The van der Waals surface area contributed by atoms with Crippen LogP contribution in [0.3, 0.4) is 0 Å². The predicted octanol–water partition coefficient (Wildman–Crippen LogP) is 3.75. The first kappa shape index (κ1) is 27.7. The molecule has 0 aromatic heterocycles. The van der Waals surface area contributed by atoms with Crippen LogP contribution >= 0.6 is 0 Å². The van der Waals surface area contributed by atoms with Crippen LogP contribution in [-0.4, -0.2) is 55.4 Å². The third-order valence-corrected chi connectivity index (χ3v) is 11.3. The van der Waals surface area contributed by atoms with Gasteiger partial charge in [-0.05, 0) is 101 Å². The fraction of sp³-hybridized carbons (Fsp3) is 0.800. The average Bonchev–Trinajstić information content (AvgIpc) is 2.96. The molecule has 0 spiro atoms. The molecule has 0 amide bonds. The molecule has 0 heterocycles. The first-order chi connectivity index (χ1) is 16.2. The molecule has 4 aliphatic carbocycles. The van der Waals surface area contributed by atoms with Crippen molar-refractivity contribution in [2.45, 2.75) is 111 Å². The number of hydrogen-bond acceptors (Lipinski definition) is 6. The molecule has 0 aliphatic heterocycles. The van der Waals surface area contributed by atoms with Crippen molar-refractivity contribution in [2.24, 2.45) is 39.4 Å². The second-order valence-electron chi connectivity index (χ2n) is 14.3. The number of allylic oxidation sites excluding steroid dienone is 2. The van der Waals surface area contributed by atoms with Crippen molar-refractivity contribution < 1.29 is 30.0 Å². The number of rotatable bonds is 4. The zero-order valence-electron chi connectivity index (χ0n) is 23.3. The molecular formula is C30H46O6. The Hall–Kier alpha value is -1.34. The number of fused-ring (bicyclic) bond motifs is 5. The van der Waals surface area contributed by atoms with E-state index in [1.807, 2.05) is 13.8 Å². The maximum atomic E-state index is 13.2. The molecule has 36 heavy (non-hydrogen) atoms. The maximum absolute atomic E-state index is 13.2. The van der Waals surface area contributed by atoms with Crippen LogP contribution in [0.15, 0.2) is 23.8 Å². The summed E-state index contributed by atoms with van der Waals surface area (Å²) in [5, 5.41) is 43.8. The molecule has 4 rings (SSSR count). The lowest BCUT2D eigenvalue weighted by molar-refractivity contribution is -0.176. The van der Waals surface area contributed by atoms with E-state index < -0.39 is 45.9 Å². The predicted molar refractivity (Wildman–Crippen MR) is 138 cm³/mol. The van der Waals surface area contributed by atoms with Crippen LogP contribution < -0.4 is 0 Å². The summed E-state index contributed by atoms with van der Waals surface area (Å²) in [5.74, 6) is -1.02. The minimum absolute atomic E-state index is 0.0772. The van der Waals surface area contributed by atoms with Crippen molar-refractivity contribution in [3.05, 3.63) is 23.8 Å². The molecule has 0 saturated heterocycles. The van der Waals surface area contributed by atoms with E-state index in [1.54, 1.807) is 13.8 Å². The van der Waals surface area contributed by atoms with Gasteiger partial charge in [-0.1, -0.05) is 38.5 Å². The van der Waals surface area contributed by atoms with Gasteiger partial charge < -0.3 is 20.4 Å². The topological polar surface area (TPSA) is 115 Å². The van der Waals surface area contributed by atoms with Gasteiger partial charge in [0.15, 0.2) is 11.6 Å². The van der Waals surface area contributed by atoms with Crippen molar-refractivity contribution in [1.82, 2.24) is 0 Å². The van der Waals surface area contributed by atoms with Crippen LogP contribution in [0, 0.1) is 39.4 Å². The van der Waals surface area contributed by atoms with E-state index >= 15 is 0 Å². The second-order valence-corrected chi connectivity index (χ2v) is 14.3. The van der Waals surface area contributed by atoms with Crippen LogP contribution in [0.2, 0.25) is 0 Å². The Kier molecular flexibility index (Phi) is 6.21. The zero-order chi connectivity index (χ0) is 27.3. The number of hydrogen-bond donors (Lipinski definition) is 4. The molecule has 3 fully saturated rings. The molecular weight excluding hydrogens is 456 g/mol. The summed E-state index contributed by atoms with van der Waals surface area (Å²) >= 11 is 0. The van der Waals surface area contributed by atoms with Gasteiger partial charge >= 0.3 is 0 Å². The van der Waals surface area contributed by atoms with E-state index in [2.05, 4.69) is 26.8 Å². The molecule has 0 radical (unpaired) electrons. The second kappa shape index (κ2) is 8.08. The molecule has 0 unspecified atom stereocenters. The standard InChI is InChI=1S/C30H46O6/c1-25(2,35)12-11-22(33)30(8,36)23-20(32)16-29(7)21-10-9-17-18(15-19(31)24(34)26(17,3)4)27(21,5)13-14-28(23,29)6/h9,11-12,18-21,23,31-32,35-36H,10,13-16H2,1-8H3/b12-11+/t18-,19+,20-,21-,23+,27+,28-,29+,30+/m1/s1. The number of aliphatic hydroxyl groups excluding tert-OH is 2. The van der Waals surface area contributed by atoms with E-state index in [0.717, 1.165) is 24.8 Å². The Morgan fingerprint density at radius 3 is 2.22 bits per heavy atom. The lowest BCUT2D eigenvalue weighted by Crippen LogP contribution is -2.62. The van der Waals surface area contributed by atoms with Crippen LogP contribution in [0.1, 0.15) is 87.5 Å². The lowest BCUT2D eigenvalue weighted by atomic mass is 9.39. The van der Waals surface area contributed by atoms with Gasteiger partial charge in [-0.15, -0.1) is 0 Å². The minimum atomic E-state index is -1.79. The summed E-state index contributed by atoms with van der Waals surface area (Å²) in [5.41, 5.74) is -3.54. The number of aliphatic hydroxyl groups is 4. The first-order valence-corrected chi connectivity index (χ1v) is 13.5. The summed E-state index contributed by atoms with van der Waals surface area (Å²) in [6.07, 6.45) is 6.26. The van der Waals surface area contributed by atoms with Crippen molar-refractivity contribution in [2.75, 3.05) is 0 Å². The van der Waals surface area contributed by atoms with Crippen LogP contribution in [0.25, 0.3) is 0 Å². The third kappa shape index (κ3) is 3.65. The lowest BCUT2D eigenvalue weighted by Gasteiger charge is -2.65. The van der Waals surface area contributed by atoms with Gasteiger partial charge in [0.2, 0.25) is 0 Å². The Morgan fingerprint density at radius 1 is 1.03 bits per heavy atom. The molecule has 0 bridgehead atoms. The first-order valence-electron chi connectivity index (χ1n) is 13.5. The van der Waals surface area contributed by atoms with Crippen LogP contribution in [-0.2, 0) is 9.59 Å². The summed E-state index contributed by atoms with van der Waals surface area (Å²) in [6, 6.07) is 0. The van der Waals surface area contributed by atoms with Crippen LogP contribution in [0.5, 0.6) is 0 Å².